The van der Waals surface area contributed by atoms with Crippen LogP contribution < -0.4 is 10.6 Å². The quantitative estimate of drug-likeness (QED) is 0.739. The van der Waals surface area contributed by atoms with Gasteiger partial charge in [-0.1, -0.05) is 13.3 Å². The van der Waals surface area contributed by atoms with Gasteiger partial charge in [0.1, 0.15) is 0 Å². The number of hydrogen-bond acceptors (Lipinski definition) is 3. The summed E-state index contributed by atoms with van der Waals surface area (Å²) in [5, 5.41) is 15.3. The Morgan fingerprint density at radius 1 is 1.30 bits per heavy atom. The lowest BCUT2D eigenvalue weighted by molar-refractivity contribution is -0.149. The molecule has 1 aromatic rings. The number of anilines is 1. The summed E-state index contributed by atoms with van der Waals surface area (Å²) in [7, 11) is 0. The van der Waals surface area contributed by atoms with Crippen molar-refractivity contribution in [3.05, 3.63) is 29.8 Å². The van der Waals surface area contributed by atoms with Crippen LogP contribution >= 0.6 is 0 Å². The normalized spacial score (nSPS) is 25.0. The number of carboxylic acid groups (broad SMARTS) is 1. The van der Waals surface area contributed by atoms with E-state index in [9.17, 15) is 19.5 Å². The molecule has 3 atom stereocenters. The third-order valence-electron chi connectivity index (χ3n) is 5.97. The molecule has 7 heteroatoms. The number of nitrogens with zero attached hydrogens (tertiary/aromatic N) is 1. The summed E-state index contributed by atoms with van der Waals surface area (Å²) in [6.07, 6.45) is 3.26. The van der Waals surface area contributed by atoms with Crippen LogP contribution in [0, 0.1) is 11.3 Å². The lowest BCUT2D eigenvalue weighted by Gasteiger charge is -2.23. The molecule has 0 bridgehead atoms. The van der Waals surface area contributed by atoms with Crippen LogP contribution in [0.2, 0.25) is 0 Å². The number of urea groups is 1. The van der Waals surface area contributed by atoms with Gasteiger partial charge in [-0.05, 0) is 56.4 Å². The topological polar surface area (TPSA) is 98.7 Å². The largest absolute Gasteiger partial charge is 0.481 e. The summed E-state index contributed by atoms with van der Waals surface area (Å²) in [6.45, 7) is 4.69. The van der Waals surface area contributed by atoms with Gasteiger partial charge in [-0.15, -0.1) is 0 Å². The molecule has 2 aliphatic rings. The van der Waals surface area contributed by atoms with Gasteiger partial charge >= 0.3 is 12.0 Å². The molecular weight excluding hydrogens is 346 g/mol. The van der Waals surface area contributed by atoms with Gasteiger partial charge < -0.3 is 20.6 Å². The van der Waals surface area contributed by atoms with Crippen LogP contribution in [-0.4, -0.2) is 47.0 Å². The van der Waals surface area contributed by atoms with E-state index >= 15 is 0 Å². The molecule has 1 saturated heterocycles. The predicted molar refractivity (Wildman–Crippen MR) is 102 cm³/mol. The highest BCUT2D eigenvalue weighted by Gasteiger charge is 2.55. The fourth-order valence-electron chi connectivity index (χ4n) is 4.11. The van der Waals surface area contributed by atoms with Crippen molar-refractivity contribution in [2.45, 2.75) is 45.6 Å². The second-order valence-electron chi connectivity index (χ2n) is 7.72. The molecule has 3 rings (SSSR count). The minimum Gasteiger partial charge on any atom is -0.481 e. The molecule has 1 unspecified atom stereocenters. The predicted octanol–water partition coefficient (Wildman–Crippen LogP) is 2.93. The van der Waals surface area contributed by atoms with Crippen molar-refractivity contribution >= 4 is 23.6 Å². The number of hydrogen-bond donors (Lipinski definition) is 3. The number of amides is 3. The number of nitrogens with one attached hydrogen (secondary N) is 2. The highest BCUT2D eigenvalue weighted by atomic mass is 16.4. The van der Waals surface area contributed by atoms with Gasteiger partial charge in [-0.2, -0.15) is 0 Å². The highest BCUT2D eigenvalue weighted by Crippen LogP contribution is 2.48. The molecule has 27 heavy (non-hydrogen) atoms. The Bertz CT molecular complexity index is 733. The monoisotopic (exact) mass is 373 g/mol. The van der Waals surface area contributed by atoms with Crippen LogP contribution in [0.5, 0.6) is 0 Å². The van der Waals surface area contributed by atoms with E-state index in [4.69, 9.17) is 0 Å². The van der Waals surface area contributed by atoms with Crippen molar-refractivity contribution in [3.8, 4) is 0 Å². The Kier molecular flexibility index (Phi) is 5.39. The van der Waals surface area contributed by atoms with Gasteiger partial charge in [0, 0.05) is 30.4 Å². The SMILES string of the molecule is CCC(C)NC(=O)c1ccc(NC(=O)N2C[C@@H]3CCC[C@@]3(C(=O)O)C2)cc1. The Labute approximate surface area is 159 Å². The number of carbonyl (C=O) groups excluding carboxylic acids is 2. The maximum absolute atomic E-state index is 12.6. The lowest BCUT2D eigenvalue weighted by atomic mass is 9.81. The van der Waals surface area contributed by atoms with Crippen LogP contribution in [0.1, 0.15) is 49.9 Å². The zero-order valence-corrected chi connectivity index (χ0v) is 15.8. The molecular formula is C20H27N3O4. The standard InChI is InChI=1S/C20H27N3O4/c1-3-13(2)21-17(24)14-6-8-16(9-7-14)22-19(27)23-11-15-5-4-10-20(15,12-23)18(25)26/h6-9,13,15H,3-5,10-12H2,1-2H3,(H,21,24)(H,22,27)(H,25,26)/t13?,15-,20+/m0/s1. The molecule has 0 spiro atoms. The summed E-state index contributed by atoms with van der Waals surface area (Å²) in [5.74, 6) is -0.901. The Hall–Kier alpha value is -2.57. The molecule has 1 saturated carbocycles. The van der Waals surface area contributed by atoms with Gasteiger partial charge in [0.2, 0.25) is 0 Å². The zero-order chi connectivity index (χ0) is 19.6. The molecule has 1 aliphatic heterocycles. The Balaban J connectivity index is 1.60. The van der Waals surface area contributed by atoms with E-state index in [1.165, 1.54) is 0 Å². The molecule has 1 heterocycles. The van der Waals surface area contributed by atoms with Crippen molar-refractivity contribution in [3.63, 3.8) is 0 Å². The van der Waals surface area contributed by atoms with E-state index in [0.29, 0.717) is 24.2 Å². The minimum atomic E-state index is -0.794. The molecule has 0 radical (unpaired) electrons. The summed E-state index contributed by atoms with van der Waals surface area (Å²) in [6, 6.07) is 6.53. The first-order valence-electron chi connectivity index (χ1n) is 9.56. The van der Waals surface area contributed by atoms with Crippen molar-refractivity contribution < 1.29 is 19.5 Å². The number of likely N-dealkylation sites (tertiary alicyclic amines) is 1. The molecule has 2 fully saturated rings. The van der Waals surface area contributed by atoms with Gasteiger partial charge in [-0.25, -0.2) is 4.79 Å². The third-order valence-corrected chi connectivity index (χ3v) is 5.97. The number of rotatable bonds is 5. The summed E-state index contributed by atoms with van der Waals surface area (Å²) >= 11 is 0. The molecule has 3 amide bonds. The smallest absolute Gasteiger partial charge is 0.321 e. The number of aliphatic carboxylic acids is 1. The lowest BCUT2D eigenvalue weighted by Crippen LogP contribution is -2.38. The van der Waals surface area contributed by atoms with Crippen LogP contribution in [0.3, 0.4) is 0 Å². The maximum atomic E-state index is 12.6. The number of carbonyl (C=O) groups is 3. The molecule has 0 aromatic heterocycles. The average molecular weight is 373 g/mol. The van der Waals surface area contributed by atoms with Crippen LogP contribution in [0.25, 0.3) is 0 Å². The van der Waals surface area contributed by atoms with Gasteiger partial charge in [0.25, 0.3) is 5.91 Å². The second-order valence-corrected chi connectivity index (χ2v) is 7.72. The van der Waals surface area contributed by atoms with Gasteiger partial charge in [0.05, 0.1) is 5.41 Å². The van der Waals surface area contributed by atoms with E-state index in [1.54, 1.807) is 29.2 Å². The average Bonchev–Trinajstić information content (AvgIpc) is 3.20. The summed E-state index contributed by atoms with van der Waals surface area (Å²) in [5.41, 5.74) is 0.338. The van der Waals surface area contributed by atoms with E-state index in [2.05, 4.69) is 10.6 Å². The Morgan fingerprint density at radius 2 is 2.00 bits per heavy atom. The maximum Gasteiger partial charge on any atom is 0.321 e. The Morgan fingerprint density at radius 3 is 2.59 bits per heavy atom. The van der Waals surface area contributed by atoms with Gasteiger partial charge in [0.15, 0.2) is 0 Å². The zero-order valence-electron chi connectivity index (χ0n) is 15.8. The highest BCUT2D eigenvalue weighted by molar-refractivity contribution is 5.96. The minimum absolute atomic E-state index is 0.0346. The van der Waals surface area contributed by atoms with Crippen LogP contribution in [0.4, 0.5) is 10.5 Å². The fourth-order valence-corrected chi connectivity index (χ4v) is 4.11. The van der Waals surface area contributed by atoms with Crippen molar-refractivity contribution in [1.29, 1.82) is 0 Å². The molecule has 146 valence electrons. The van der Waals surface area contributed by atoms with E-state index < -0.39 is 11.4 Å². The first-order valence-corrected chi connectivity index (χ1v) is 9.56. The first-order chi connectivity index (χ1) is 12.9. The van der Waals surface area contributed by atoms with E-state index in [-0.39, 0.29) is 30.4 Å². The van der Waals surface area contributed by atoms with Crippen molar-refractivity contribution in [2.75, 3.05) is 18.4 Å². The summed E-state index contributed by atoms with van der Waals surface area (Å²) in [4.78, 5) is 38.0. The number of carboxylic acids is 1. The second kappa shape index (κ2) is 7.58. The van der Waals surface area contributed by atoms with Gasteiger partial charge in [-0.3, -0.25) is 9.59 Å². The van der Waals surface area contributed by atoms with Crippen molar-refractivity contribution in [2.24, 2.45) is 11.3 Å². The van der Waals surface area contributed by atoms with Crippen LogP contribution in [-0.2, 0) is 4.79 Å². The first kappa shape index (κ1) is 19.2. The van der Waals surface area contributed by atoms with Crippen molar-refractivity contribution in [1.82, 2.24) is 10.2 Å². The number of benzene rings is 1. The molecule has 1 aromatic carbocycles. The summed E-state index contributed by atoms with van der Waals surface area (Å²) < 4.78 is 0. The molecule has 7 nitrogen and oxygen atoms in total. The van der Waals surface area contributed by atoms with E-state index in [1.807, 2.05) is 13.8 Å². The van der Waals surface area contributed by atoms with E-state index in [0.717, 1.165) is 19.3 Å². The fraction of sp³-hybridized carbons (Fsp3) is 0.550. The van der Waals surface area contributed by atoms with Crippen LogP contribution in [0.15, 0.2) is 24.3 Å². The molecule has 3 N–H and O–H groups in total. The third kappa shape index (κ3) is 3.77. The number of fused-ring (bicyclic) bond motifs is 1. The molecule has 1 aliphatic carbocycles.